The average Bonchev–Trinajstić information content (AvgIpc) is 2.77. The van der Waals surface area contributed by atoms with Crippen LogP contribution in [0, 0.1) is 6.92 Å². The van der Waals surface area contributed by atoms with Crippen LogP contribution in [-0.2, 0) is 0 Å². The van der Waals surface area contributed by atoms with Gasteiger partial charge in [-0.1, -0.05) is 40.9 Å². The molecule has 0 radical (unpaired) electrons. The van der Waals surface area contributed by atoms with Gasteiger partial charge >= 0.3 is 12.2 Å². The van der Waals surface area contributed by atoms with Crippen molar-refractivity contribution in [1.82, 2.24) is 15.8 Å². The minimum absolute atomic E-state index is 0.0373. The lowest BCUT2D eigenvalue weighted by Gasteiger charge is -2.20. The van der Waals surface area contributed by atoms with Gasteiger partial charge in [-0.15, -0.1) is 0 Å². The van der Waals surface area contributed by atoms with E-state index in [1.807, 2.05) is 0 Å². The number of carbonyl (C=O) groups is 2. The highest BCUT2D eigenvalue weighted by molar-refractivity contribution is 6.48. The molecule has 35 heavy (non-hydrogen) atoms. The zero-order valence-electron chi connectivity index (χ0n) is 18.2. The fourth-order valence-corrected chi connectivity index (χ4v) is 3.59. The van der Waals surface area contributed by atoms with Crippen LogP contribution in [0.25, 0.3) is 5.83 Å². The molecule has 0 bridgehead atoms. The second-order valence-corrected chi connectivity index (χ2v) is 8.48. The van der Waals surface area contributed by atoms with Crippen LogP contribution in [0.4, 0.5) is 26.7 Å². The Morgan fingerprint density at radius 1 is 1.11 bits per heavy atom. The van der Waals surface area contributed by atoms with E-state index in [2.05, 4.69) is 10.7 Å². The minimum atomic E-state index is -4.87. The summed E-state index contributed by atoms with van der Waals surface area (Å²) < 4.78 is 68.2. The predicted molar refractivity (Wildman–Crippen MR) is 125 cm³/mol. The van der Waals surface area contributed by atoms with Gasteiger partial charge < -0.3 is 5.32 Å². The average molecular weight is 559 g/mol. The highest BCUT2D eigenvalue weighted by atomic mass is 35.5. The zero-order valence-corrected chi connectivity index (χ0v) is 20.5. The van der Waals surface area contributed by atoms with Crippen LogP contribution < -0.4 is 10.7 Å². The number of nitrogens with one attached hydrogen (secondary N) is 2. The molecule has 0 fully saturated rings. The fraction of sp³-hybridized carbons (Fsp3) is 0.273. The molecule has 1 unspecified atom stereocenters. The molecule has 2 rings (SSSR count). The summed E-state index contributed by atoms with van der Waals surface area (Å²) in [5, 5.41) is 2.44. The maximum Gasteiger partial charge on any atom is 0.399 e. The number of alkyl halides is 4. The molecule has 13 heteroatoms. The molecule has 2 aromatic rings. The molecule has 0 saturated heterocycles. The molecule has 0 aliphatic carbocycles. The maximum absolute atomic E-state index is 14.9. The van der Waals surface area contributed by atoms with Gasteiger partial charge in [0.25, 0.3) is 5.91 Å². The van der Waals surface area contributed by atoms with Crippen LogP contribution in [0.15, 0.2) is 36.4 Å². The van der Waals surface area contributed by atoms with Crippen molar-refractivity contribution in [2.24, 2.45) is 0 Å². The van der Waals surface area contributed by atoms with E-state index in [0.29, 0.717) is 6.08 Å². The third-order valence-electron chi connectivity index (χ3n) is 4.72. The number of aryl methyl sites for hydroxylation is 1. The smallest absolute Gasteiger partial charge is 0.334 e. The first-order valence-corrected chi connectivity index (χ1v) is 11.0. The molecule has 5 nitrogen and oxygen atoms in total. The second-order valence-electron chi connectivity index (χ2n) is 7.28. The number of urea groups is 1. The summed E-state index contributed by atoms with van der Waals surface area (Å²) in [6.45, 7) is 0.404. The predicted octanol–water partition coefficient (Wildman–Crippen LogP) is 6.87. The monoisotopic (exact) mass is 557 g/mol. The van der Waals surface area contributed by atoms with E-state index in [4.69, 9.17) is 34.8 Å². The van der Waals surface area contributed by atoms with Gasteiger partial charge in [0.2, 0.25) is 0 Å². The lowest BCUT2D eigenvalue weighted by molar-refractivity contribution is -0.139. The first-order valence-electron chi connectivity index (χ1n) is 9.84. The number of benzene rings is 2. The third-order valence-corrected chi connectivity index (χ3v) is 5.92. The maximum atomic E-state index is 14.9. The number of amides is 3. The fourth-order valence-electron chi connectivity index (χ4n) is 2.98. The van der Waals surface area contributed by atoms with Crippen LogP contribution in [0.3, 0.4) is 0 Å². The quantitative estimate of drug-likeness (QED) is 0.231. The normalized spacial score (nSPS) is 12.8. The van der Waals surface area contributed by atoms with Crippen molar-refractivity contribution >= 4 is 52.6 Å². The van der Waals surface area contributed by atoms with Crippen molar-refractivity contribution in [2.75, 3.05) is 20.3 Å². The summed E-state index contributed by atoms with van der Waals surface area (Å²) >= 11 is 17.5. The van der Waals surface area contributed by atoms with Crippen molar-refractivity contribution in [3.8, 4) is 0 Å². The van der Waals surface area contributed by atoms with E-state index in [-0.39, 0.29) is 38.3 Å². The highest BCUT2D eigenvalue weighted by Gasteiger charge is 2.40. The van der Waals surface area contributed by atoms with Gasteiger partial charge in [0.15, 0.2) is 0 Å². The highest BCUT2D eigenvalue weighted by Crippen LogP contribution is 2.42. The molecule has 1 atom stereocenters. The molecule has 0 aliphatic heterocycles. The topological polar surface area (TPSA) is 61.4 Å². The number of hydrazine groups is 1. The van der Waals surface area contributed by atoms with Crippen LogP contribution in [0.2, 0.25) is 15.1 Å². The second kappa shape index (κ2) is 11.9. The Morgan fingerprint density at radius 2 is 1.71 bits per heavy atom. The van der Waals surface area contributed by atoms with Crippen LogP contribution in [0.5, 0.6) is 0 Å². The Hall–Kier alpha value is -2.56. The Morgan fingerprint density at radius 3 is 2.23 bits per heavy atom. The molecule has 0 aliphatic rings. The van der Waals surface area contributed by atoms with E-state index < -0.39 is 42.1 Å². The molecule has 3 amide bonds. The summed E-state index contributed by atoms with van der Waals surface area (Å²) in [7, 11) is 1.23. The largest absolute Gasteiger partial charge is 0.399 e. The van der Waals surface area contributed by atoms with E-state index >= 15 is 0 Å². The number of carbonyl (C=O) groups excluding carboxylic acids is 2. The van der Waals surface area contributed by atoms with Crippen molar-refractivity contribution in [2.45, 2.75) is 19.0 Å². The Kier molecular flexibility index (Phi) is 9.76. The number of allylic oxidation sites excluding steroid dienone is 1. The van der Waals surface area contributed by atoms with Gasteiger partial charge in [-0.2, -0.15) is 13.2 Å². The van der Waals surface area contributed by atoms with E-state index in [1.54, 1.807) is 0 Å². The first-order chi connectivity index (χ1) is 16.3. The number of hydrogen-bond acceptors (Lipinski definition) is 2. The number of rotatable bonds is 6. The number of nitrogens with zero attached hydrogens (tertiary/aromatic N) is 1. The Bertz CT molecular complexity index is 1120. The van der Waals surface area contributed by atoms with Gasteiger partial charge in [-0.05, 0) is 48.4 Å². The zero-order chi connectivity index (χ0) is 26.5. The van der Waals surface area contributed by atoms with Gasteiger partial charge in [0.05, 0.1) is 15.1 Å². The molecule has 0 saturated carbocycles. The lowest BCUT2D eigenvalue weighted by atomic mass is 9.95. The van der Waals surface area contributed by atoms with Gasteiger partial charge in [0.1, 0.15) is 18.4 Å². The summed E-state index contributed by atoms with van der Waals surface area (Å²) in [5.41, 5.74) is 1.89. The third kappa shape index (κ3) is 7.46. The van der Waals surface area contributed by atoms with Crippen molar-refractivity contribution in [3.05, 3.63) is 73.7 Å². The molecule has 0 spiro atoms. The molecule has 0 aromatic heterocycles. The van der Waals surface area contributed by atoms with E-state index in [1.165, 1.54) is 26.1 Å². The molecule has 2 N–H and O–H groups in total. The minimum Gasteiger partial charge on any atom is -0.334 e. The van der Waals surface area contributed by atoms with E-state index in [9.17, 15) is 31.5 Å². The van der Waals surface area contributed by atoms with Gasteiger partial charge in [-0.3, -0.25) is 10.2 Å². The van der Waals surface area contributed by atoms with Gasteiger partial charge in [-0.25, -0.2) is 18.6 Å². The van der Waals surface area contributed by atoms with Crippen LogP contribution in [-0.4, -0.2) is 43.4 Å². The summed E-state index contributed by atoms with van der Waals surface area (Å²) in [4.78, 5) is 24.1. The van der Waals surface area contributed by atoms with Crippen molar-refractivity contribution < 1.29 is 31.5 Å². The van der Waals surface area contributed by atoms with Crippen molar-refractivity contribution in [3.63, 3.8) is 0 Å². The molecule has 0 heterocycles. The van der Waals surface area contributed by atoms with Crippen LogP contribution >= 0.6 is 34.8 Å². The summed E-state index contributed by atoms with van der Waals surface area (Å²) in [5.74, 6) is -4.32. The number of halogens is 8. The molecular weight excluding hydrogens is 540 g/mol. The summed E-state index contributed by atoms with van der Waals surface area (Å²) in [6, 6.07) is 4.64. The SMILES string of the molecule is Cc1cc(/C(F)=C/C(c2cc(Cl)c(Cl)c(Cl)c2)C(F)(F)F)ccc1C(=O)NN(C)C(=O)NCCF. The number of hydrogen-bond donors (Lipinski definition) is 2. The van der Waals surface area contributed by atoms with Crippen molar-refractivity contribution in [1.29, 1.82) is 0 Å². The lowest BCUT2D eigenvalue weighted by Crippen LogP contribution is -2.48. The first kappa shape index (κ1) is 28.7. The van der Waals surface area contributed by atoms with E-state index in [0.717, 1.165) is 23.2 Å². The van der Waals surface area contributed by atoms with Crippen LogP contribution in [0.1, 0.15) is 33.0 Å². The van der Waals surface area contributed by atoms with Gasteiger partial charge in [0, 0.05) is 24.7 Å². The molecular formula is C22H19Cl3F5N3O2. The Labute approximate surface area is 212 Å². The summed E-state index contributed by atoms with van der Waals surface area (Å²) in [6.07, 6.45) is -4.51. The molecule has 2 aromatic carbocycles. The Balaban J connectivity index is 2.32. The standard InChI is InChI=1S/C22H19Cl3F5N3O2/c1-11-7-12(3-4-14(11)20(34)32-33(2)21(35)31-6-5-26)18(27)10-15(22(28,29)30)13-8-16(23)19(25)17(24)9-13/h3-4,7-10,15H,5-6H2,1-2H3,(H,31,35)(H,32,34)/b18-10-. The molecule has 190 valence electrons.